The van der Waals surface area contributed by atoms with E-state index in [2.05, 4.69) is 15.3 Å². The normalized spacial score (nSPS) is 10.6. The van der Waals surface area contributed by atoms with E-state index in [1.807, 2.05) is 24.3 Å². The molecule has 0 amide bonds. The highest BCUT2D eigenvalue weighted by Crippen LogP contribution is 2.25. The van der Waals surface area contributed by atoms with E-state index in [0.29, 0.717) is 5.82 Å². The Kier molecular flexibility index (Phi) is 3.01. The van der Waals surface area contributed by atoms with Gasteiger partial charge in [-0.05, 0) is 48.0 Å². The van der Waals surface area contributed by atoms with Crippen molar-refractivity contribution in [3.8, 4) is 0 Å². The van der Waals surface area contributed by atoms with Crippen LogP contribution in [-0.2, 0) is 0 Å². The summed E-state index contributed by atoms with van der Waals surface area (Å²) in [6, 6.07) is 13.6. The minimum atomic E-state index is -0.281. The highest BCUT2D eigenvalue weighted by Gasteiger charge is 2.06. The molecule has 0 saturated heterocycles. The molecule has 94 valence electrons. The molecule has 1 heterocycles. The topological polar surface area (TPSA) is 37.8 Å². The van der Waals surface area contributed by atoms with Crippen molar-refractivity contribution < 1.29 is 4.39 Å². The Hall–Kier alpha value is -2.20. The van der Waals surface area contributed by atoms with Gasteiger partial charge in [0.15, 0.2) is 0 Å². The van der Waals surface area contributed by atoms with Gasteiger partial charge in [0.2, 0.25) is 5.28 Å². The Labute approximate surface area is 114 Å². The first-order valence-electron chi connectivity index (χ1n) is 5.67. The van der Waals surface area contributed by atoms with Gasteiger partial charge in [0.1, 0.15) is 11.6 Å². The average molecular weight is 274 g/mol. The number of para-hydroxylation sites is 1. The Bertz CT molecular complexity index is 728. The summed E-state index contributed by atoms with van der Waals surface area (Å²) in [5.41, 5.74) is 1.49. The molecule has 19 heavy (non-hydrogen) atoms. The van der Waals surface area contributed by atoms with E-state index in [4.69, 9.17) is 11.6 Å². The molecule has 0 atom stereocenters. The van der Waals surface area contributed by atoms with E-state index in [-0.39, 0.29) is 11.1 Å². The second kappa shape index (κ2) is 4.82. The average Bonchev–Trinajstić information content (AvgIpc) is 2.41. The molecule has 0 saturated carbocycles. The predicted octanol–water partition coefficient (Wildman–Crippen LogP) is 4.17. The Balaban J connectivity index is 2.07. The number of benzene rings is 2. The van der Waals surface area contributed by atoms with Crippen LogP contribution < -0.4 is 5.32 Å². The zero-order valence-corrected chi connectivity index (χ0v) is 10.5. The number of hydrogen-bond acceptors (Lipinski definition) is 3. The van der Waals surface area contributed by atoms with Gasteiger partial charge in [0.25, 0.3) is 0 Å². The van der Waals surface area contributed by atoms with Crippen LogP contribution in [0.2, 0.25) is 5.28 Å². The number of nitrogens with one attached hydrogen (secondary N) is 1. The van der Waals surface area contributed by atoms with Crippen molar-refractivity contribution in [3.63, 3.8) is 0 Å². The Morgan fingerprint density at radius 3 is 2.47 bits per heavy atom. The number of nitrogens with zero attached hydrogens (tertiary/aromatic N) is 2. The molecule has 0 unspecified atom stereocenters. The van der Waals surface area contributed by atoms with Crippen molar-refractivity contribution >= 4 is 34.0 Å². The van der Waals surface area contributed by atoms with Crippen LogP contribution >= 0.6 is 11.6 Å². The van der Waals surface area contributed by atoms with E-state index in [1.54, 1.807) is 12.1 Å². The van der Waals surface area contributed by atoms with Gasteiger partial charge >= 0.3 is 0 Å². The Morgan fingerprint density at radius 2 is 1.68 bits per heavy atom. The summed E-state index contributed by atoms with van der Waals surface area (Å²) in [6.07, 6.45) is 0. The van der Waals surface area contributed by atoms with Crippen LogP contribution in [0.1, 0.15) is 0 Å². The molecule has 3 aromatic rings. The zero-order chi connectivity index (χ0) is 13.2. The first-order chi connectivity index (χ1) is 9.22. The smallest absolute Gasteiger partial charge is 0.224 e. The molecule has 0 radical (unpaired) electrons. The van der Waals surface area contributed by atoms with E-state index < -0.39 is 0 Å². The molecule has 2 aromatic carbocycles. The molecule has 3 rings (SSSR count). The van der Waals surface area contributed by atoms with Crippen molar-refractivity contribution in [3.05, 3.63) is 59.6 Å². The van der Waals surface area contributed by atoms with Crippen molar-refractivity contribution in [2.75, 3.05) is 5.32 Å². The van der Waals surface area contributed by atoms with Gasteiger partial charge < -0.3 is 5.32 Å². The van der Waals surface area contributed by atoms with Crippen LogP contribution in [0.15, 0.2) is 48.5 Å². The van der Waals surface area contributed by atoms with Gasteiger partial charge in [-0.15, -0.1) is 0 Å². The van der Waals surface area contributed by atoms with Crippen LogP contribution in [0.25, 0.3) is 10.9 Å². The van der Waals surface area contributed by atoms with Crippen molar-refractivity contribution in [2.45, 2.75) is 0 Å². The molecular formula is C14H9ClFN3. The molecule has 1 aromatic heterocycles. The molecule has 5 heteroatoms. The summed E-state index contributed by atoms with van der Waals surface area (Å²) in [5, 5.41) is 4.14. The quantitative estimate of drug-likeness (QED) is 0.712. The second-order valence-electron chi connectivity index (χ2n) is 3.99. The maximum Gasteiger partial charge on any atom is 0.224 e. The summed E-state index contributed by atoms with van der Waals surface area (Å²) < 4.78 is 12.9. The van der Waals surface area contributed by atoms with Gasteiger partial charge in [0.05, 0.1) is 5.52 Å². The Morgan fingerprint density at radius 1 is 0.947 bits per heavy atom. The predicted molar refractivity (Wildman–Crippen MR) is 74.2 cm³/mol. The number of fused-ring (bicyclic) bond motifs is 1. The van der Waals surface area contributed by atoms with Gasteiger partial charge in [-0.3, -0.25) is 0 Å². The number of hydrogen-bond donors (Lipinski definition) is 1. The maximum absolute atomic E-state index is 12.9. The molecule has 0 aliphatic heterocycles. The van der Waals surface area contributed by atoms with Crippen LogP contribution in [0.3, 0.4) is 0 Å². The van der Waals surface area contributed by atoms with Crippen molar-refractivity contribution in [1.82, 2.24) is 9.97 Å². The lowest BCUT2D eigenvalue weighted by atomic mass is 10.2. The standard InChI is InChI=1S/C14H9ClFN3/c15-14-18-12-4-2-1-3-11(12)13(19-14)17-10-7-5-9(16)6-8-10/h1-8H,(H,17,18,19). The van der Waals surface area contributed by atoms with E-state index >= 15 is 0 Å². The first kappa shape index (κ1) is 11.9. The van der Waals surface area contributed by atoms with Gasteiger partial charge in [-0.25, -0.2) is 9.37 Å². The van der Waals surface area contributed by atoms with Gasteiger partial charge in [-0.1, -0.05) is 12.1 Å². The third-order valence-electron chi connectivity index (χ3n) is 2.68. The van der Waals surface area contributed by atoms with E-state index in [9.17, 15) is 4.39 Å². The van der Waals surface area contributed by atoms with Crippen LogP contribution in [0.4, 0.5) is 15.9 Å². The van der Waals surface area contributed by atoms with E-state index in [1.165, 1.54) is 12.1 Å². The largest absolute Gasteiger partial charge is 0.340 e. The first-order valence-corrected chi connectivity index (χ1v) is 6.05. The molecule has 0 aliphatic rings. The van der Waals surface area contributed by atoms with Crippen LogP contribution in [0.5, 0.6) is 0 Å². The number of anilines is 2. The van der Waals surface area contributed by atoms with Crippen LogP contribution in [-0.4, -0.2) is 9.97 Å². The number of halogens is 2. The third kappa shape index (κ3) is 2.48. The fourth-order valence-electron chi connectivity index (χ4n) is 1.81. The fraction of sp³-hybridized carbons (Fsp3) is 0. The van der Waals surface area contributed by atoms with Gasteiger partial charge in [-0.2, -0.15) is 4.98 Å². The van der Waals surface area contributed by atoms with Crippen LogP contribution in [0, 0.1) is 5.82 Å². The molecular weight excluding hydrogens is 265 g/mol. The highest BCUT2D eigenvalue weighted by molar-refractivity contribution is 6.28. The fourth-order valence-corrected chi connectivity index (χ4v) is 1.99. The van der Waals surface area contributed by atoms with Crippen molar-refractivity contribution in [1.29, 1.82) is 0 Å². The lowest BCUT2D eigenvalue weighted by molar-refractivity contribution is 0.628. The van der Waals surface area contributed by atoms with Gasteiger partial charge in [0, 0.05) is 11.1 Å². The zero-order valence-electron chi connectivity index (χ0n) is 9.77. The highest BCUT2D eigenvalue weighted by atomic mass is 35.5. The summed E-state index contributed by atoms with van der Waals surface area (Å²) >= 11 is 5.89. The molecule has 1 N–H and O–H groups in total. The third-order valence-corrected chi connectivity index (χ3v) is 2.85. The molecule has 0 aliphatic carbocycles. The second-order valence-corrected chi connectivity index (χ2v) is 4.33. The SMILES string of the molecule is Fc1ccc(Nc2nc(Cl)nc3ccccc23)cc1. The molecule has 3 nitrogen and oxygen atoms in total. The number of rotatable bonds is 2. The summed E-state index contributed by atoms with van der Waals surface area (Å²) in [7, 11) is 0. The number of aromatic nitrogens is 2. The summed E-state index contributed by atoms with van der Waals surface area (Å²) in [6.45, 7) is 0. The lowest BCUT2D eigenvalue weighted by Gasteiger charge is -2.08. The minimum Gasteiger partial charge on any atom is -0.340 e. The molecule has 0 spiro atoms. The van der Waals surface area contributed by atoms with Crippen molar-refractivity contribution in [2.24, 2.45) is 0 Å². The van der Waals surface area contributed by atoms with E-state index in [0.717, 1.165) is 16.6 Å². The summed E-state index contributed by atoms with van der Waals surface area (Å²) in [5.74, 6) is 0.318. The molecule has 0 fully saturated rings. The lowest BCUT2D eigenvalue weighted by Crippen LogP contribution is -1.97. The molecule has 0 bridgehead atoms. The minimum absolute atomic E-state index is 0.170. The monoisotopic (exact) mass is 273 g/mol. The maximum atomic E-state index is 12.9. The summed E-state index contributed by atoms with van der Waals surface area (Å²) in [4.78, 5) is 8.31.